The zero-order chi connectivity index (χ0) is 13.1. The van der Waals surface area contributed by atoms with Crippen molar-refractivity contribution in [2.45, 2.75) is 63.5 Å². The Bertz CT molecular complexity index is 277. The average molecular weight is 266 g/mol. The molecule has 2 heterocycles. The Hall–Kier alpha value is -0.120. The maximum atomic E-state index is 5.52. The Morgan fingerprint density at radius 2 is 1.89 bits per heavy atom. The first-order chi connectivity index (χ1) is 9.29. The van der Waals surface area contributed by atoms with Crippen molar-refractivity contribution in [2.24, 2.45) is 5.92 Å². The zero-order valence-corrected chi connectivity index (χ0v) is 12.5. The lowest BCUT2D eigenvalue weighted by atomic mass is 9.79. The van der Waals surface area contributed by atoms with E-state index in [4.69, 9.17) is 4.74 Å². The molecule has 3 nitrogen and oxygen atoms in total. The summed E-state index contributed by atoms with van der Waals surface area (Å²) in [4.78, 5) is 2.78. The molecular weight excluding hydrogens is 236 g/mol. The van der Waals surface area contributed by atoms with Gasteiger partial charge >= 0.3 is 0 Å². The predicted molar refractivity (Wildman–Crippen MR) is 78.4 cm³/mol. The first kappa shape index (κ1) is 13.8. The van der Waals surface area contributed by atoms with Gasteiger partial charge in [-0.25, -0.2) is 0 Å². The van der Waals surface area contributed by atoms with E-state index < -0.39 is 0 Å². The maximum Gasteiger partial charge on any atom is 0.0469 e. The molecule has 0 aromatic heterocycles. The summed E-state index contributed by atoms with van der Waals surface area (Å²) in [5.41, 5.74) is 0.454. The molecule has 110 valence electrons. The Morgan fingerprint density at radius 3 is 2.63 bits per heavy atom. The molecule has 1 spiro atoms. The van der Waals surface area contributed by atoms with Crippen molar-refractivity contribution in [1.29, 1.82) is 0 Å². The Labute approximate surface area is 118 Å². The van der Waals surface area contributed by atoms with Crippen LogP contribution in [0.5, 0.6) is 0 Å². The molecule has 2 saturated heterocycles. The topological polar surface area (TPSA) is 24.5 Å². The molecule has 1 N–H and O–H groups in total. The number of hydrogen-bond donors (Lipinski definition) is 1. The molecule has 2 aliphatic heterocycles. The number of rotatable bonds is 2. The lowest BCUT2D eigenvalue weighted by Gasteiger charge is -2.49. The van der Waals surface area contributed by atoms with Crippen LogP contribution in [0.3, 0.4) is 0 Å². The quantitative estimate of drug-likeness (QED) is 0.830. The Kier molecular flexibility index (Phi) is 4.45. The minimum atomic E-state index is 0.454. The van der Waals surface area contributed by atoms with Gasteiger partial charge in [0.2, 0.25) is 0 Å². The van der Waals surface area contributed by atoms with E-state index in [2.05, 4.69) is 17.1 Å². The summed E-state index contributed by atoms with van der Waals surface area (Å²) in [7, 11) is 0. The molecule has 19 heavy (non-hydrogen) atoms. The van der Waals surface area contributed by atoms with Gasteiger partial charge in [0, 0.05) is 44.4 Å². The van der Waals surface area contributed by atoms with E-state index >= 15 is 0 Å². The normalized spacial score (nSPS) is 31.4. The molecule has 1 unspecified atom stereocenters. The summed E-state index contributed by atoms with van der Waals surface area (Å²) >= 11 is 0. The van der Waals surface area contributed by atoms with Crippen LogP contribution in [0.25, 0.3) is 0 Å². The van der Waals surface area contributed by atoms with Gasteiger partial charge in [-0.3, -0.25) is 4.90 Å². The van der Waals surface area contributed by atoms with Crippen LogP contribution in [0.15, 0.2) is 0 Å². The van der Waals surface area contributed by atoms with Crippen LogP contribution in [-0.2, 0) is 4.74 Å². The van der Waals surface area contributed by atoms with Crippen LogP contribution in [0.4, 0.5) is 0 Å². The Morgan fingerprint density at radius 1 is 1.16 bits per heavy atom. The van der Waals surface area contributed by atoms with E-state index in [0.29, 0.717) is 5.54 Å². The third kappa shape index (κ3) is 3.14. The maximum absolute atomic E-state index is 5.52. The smallest absolute Gasteiger partial charge is 0.0469 e. The van der Waals surface area contributed by atoms with Gasteiger partial charge in [0.1, 0.15) is 0 Å². The first-order valence-corrected chi connectivity index (χ1v) is 8.36. The fourth-order valence-electron chi connectivity index (χ4n) is 4.40. The van der Waals surface area contributed by atoms with Crippen molar-refractivity contribution >= 4 is 0 Å². The second-order valence-electron chi connectivity index (χ2n) is 6.93. The fraction of sp³-hybridized carbons (Fsp3) is 1.00. The first-order valence-electron chi connectivity index (χ1n) is 8.36. The van der Waals surface area contributed by atoms with Crippen LogP contribution in [0.1, 0.15) is 51.9 Å². The molecule has 0 bridgehead atoms. The average Bonchev–Trinajstić information content (AvgIpc) is 2.48. The molecule has 1 saturated carbocycles. The lowest BCUT2D eigenvalue weighted by Crippen LogP contribution is -2.63. The highest BCUT2D eigenvalue weighted by Crippen LogP contribution is 2.33. The summed E-state index contributed by atoms with van der Waals surface area (Å²) in [6, 6.07) is 0.741. The van der Waals surface area contributed by atoms with E-state index in [1.807, 2.05) is 0 Å². The highest BCUT2D eigenvalue weighted by molar-refractivity contribution is 4.98. The van der Waals surface area contributed by atoms with Gasteiger partial charge in [-0.2, -0.15) is 0 Å². The minimum absolute atomic E-state index is 0.454. The lowest BCUT2D eigenvalue weighted by molar-refractivity contribution is 0.00589. The monoisotopic (exact) mass is 266 g/mol. The van der Waals surface area contributed by atoms with E-state index in [9.17, 15) is 0 Å². The number of ether oxygens (including phenoxy) is 1. The third-order valence-corrected chi connectivity index (χ3v) is 5.74. The highest BCUT2D eigenvalue weighted by atomic mass is 16.5. The number of hydrogen-bond acceptors (Lipinski definition) is 3. The molecule has 3 fully saturated rings. The van der Waals surface area contributed by atoms with Gasteiger partial charge < -0.3 is 10.1 Å². The van der Waals surface area contributed by atoms with Crippen molar-refractivity contribution in [3.8, 4) is 0 Å². The molecule has 0 aromatic rings. The molecule has 0 amide bonds. The standard InChI is InChI=1S/C16H30N2O/c1-14(15-5-11-19-12-6-15)18-10-9-17-16(13-18)7-3-2-4-8-16/h14-15,17H,2-13H2,1H3. The van der Waals surface area contributed by atoms with Gasteiger partial charge in [-0.05, 0) is 38.5 Å². The summed E-state index contributed by atoms with van der Waals surface area (Å²) in [5, 5.41) is 3.86. The predicted octanol–water partition coefficient (Wildman–Crippen LogP) is 2.41. The second kappa shape index (κ2) is 6.11. The Balaban J connectivity index is 1.60. The number of nitrogens with one attached hydrogen (secondary N) is 1. The molecule has 0 aromatic carbocycles. The molecule has 0 radical (unpaired) electrons. The fourth-order valence-corrected chi connectivity index (χ4v) is 4.40. The van der Waals surface area contributed by atoms with Gasteiger partial charge in [-0.1, -0.05) is 19.3 Å². The van der Waals surface area contributed by atoms with E-state index in [-0.39, 0.29) is 0 Å². The van der Waals surface area contributed by atoms with Gasteiger partial charge in [-0.15, -0.1) is 0 Å². The van der Waals surface area contributed by atoms with Crippen molar-refractivity contribution in [1.82, 2.24) is 10.2 Å². The summed E-state index contributed by atoms with van der Waals surface area (Å²) in [6.45, 7) is 8.12. The number of piperazine rings is 1. The van der Waals surface area contributed by atoms with Crippen LogP contribution < -0.4 is 5.32 Å². The van der Waals surface area contributed by atoms with Gasteiger partial charge in [0.05, 0.1) is 0 Å². The summed E-state index contributed by atoms with van der Waals surface area (Å²) < 4.78 is 5.52. The molecule has 1 atom stereocenters. The molecule has 1 aliphatic carbocycles. The minimum Gasteiger partial charge on any atom is -0.381 e. The highest BCUT2D eigenvalue weighted by Gasteiger charge is 2.38. The van der Waals surface area contributed by atoms with Crippen LogP contribution in [-0.4, -0.2) is 49.3 Å². The molecule has 3 aliphatic rings. The van der Waals surface area contributed by atoms with Gasteiger partial charge in [0.15, 0.2) is 0 Å². The van der Waals surface area contributed by atoms with Crippen LogP contribution >= 0.6 is 0 Å². The molecule has 3 heteroatoms. The number of nitrogens with zero attached hydrogens (tertiary/aromatic N) is 1. The van der Waals surface area contributed by atoms with Crippen molar-refractivity contribution in [2.75, 3.05) is 32.8 Å². The van der Waals surface area contributed by atoms with Crippen LogP contribution in [0, 0.1) is 5.92 Å². The van der Waals surface area contributed by atoms with Crippen molar-refractivity contribution in [3.63, 3.8) is 0 Å². The van der Waals surface area contributed by atoms with E-state index in [1.54, 1.807) is 0 Å². The third-order valence-electron chi connectivity index (χ3n) is 5.74. The largest absolute Gasteiger partial charge is 0.381 e. The van der Waals surface area contributed by atoms with Crippen molar-refractivity contribution in [3.05, 3.63) is 0 Å². The molecular formula is C16H30N2O. The zero-order valence-electron chi connectivity index (χ0n) is 12.5. The van der Waals surface area contributed by atoms with Crippen LogP contribution in [0.2, 0.25) is 0 Å². The van der Waals surface area contributed by atoms with E-state index in [1.165, 1.54) is 64.6 Å². The SMILES string of the molecule is CC(C1CCOCC1)N1CCNC2(CCCCC2)C1. The summed E-state index contributed by atoms with van der Waals surface area (Å²) in [5.74, 6) is 0.854. The second-order valence-corrected chi connectivity index (χ2v) is 6.93. The molecule has 3 rings (SSSR count). The summed E-state index contributed by atoms with van der Waals surface area (Å²) in [6.07, 6.45) is 9.60. The van der Waals surface area contributed by atoms with E-state index in [0.717, 1.165) is 25.2 Å². The van der Waals surface area contributed by atoms with Gasteiger partial charge in [0.25, 0.3) is 0 Å². The van der Waals surface area contributed by atoms with Crippen molar-refractivity contribution < 1.29 is 4.74 Å².